The standard InChI is InChI=1S/C18H26BF2NO4/c1-17(2)18(3,4)26-19(25-17)14-9-13(10-15(11-14)24-16(20)21)12-22-5-7-23-8-6-22/h9-11,16H,5-8,12H2,1-4H3. The summed E-state index contributed by atoms with van der Waals surface area (Å²) in [6.45, 7) is 8.58. The van der Waals surface area contributed by atoms with Gasteiger partial charge in [0.05, 0.1) is 24.4 Å². The second-order valence-electron chi connectivity index (χ2n) is 7.77. The molecule has 2 aliphatic heterocycles. The normalized spacial score (nSPS) is 22.8. The minimum Gasteiger partial charge on any atom is -0.435 e. The molecule has 0 radical (unpaired) electrons. The molecule has 0 unspecified atom stereocenters. The van der Waals surface area contributed by atoms with Crippen LogP contribution >= 0.6 is 0 Å². The van der Waals surface area contributed by atoms with Gasteiger partial charge in [0.15, 0.2) is 0 Å². The Morgan fingerprint density at radius 1 is 1.08 bits per heavy atom. The van der Waals surface area contributed by atoms with Crippen molar-refractivity contribution < 1.29 is 27.6 Å². The van der Waals surface area contributed by atoms with Gasteiger partial charge in [-0.15, -0.1) is 0 Å². The Morgan fingerprint density at radius 2 is 1.69 bits per heavy atom. The number of ether oxygens (including phenoxy) is 2. The molecule has 1 aromatic rings. The van der Waals surface area contributed by atoms with E-state index in [0.717, 1.165) is 18.7 Å². The fraction of sp³-hybridized carbons (Fsp3) is 0.667. The van der Waals surface area contributed by atoms with Crippen molar-refractivity contribution in [1.29, 1.82) is 0 Å². The van der Waals surface area contributed by atoms with Crippen LogP contribution in [0.25, 0.3) is 0 Å². The molecule has 0 aromatic heterocycles. The Labute approximate surface area is 153 Å². The van der Waals surface area contributed by atoms with Crippen LogP contribution in [0.4, 0.5) is 8.78 Å². The highest BCUT2D eigenvalue weighted by Gasteiger charge is 2.51. The molecule has 0 saturated carbocycles. The van der Waals surface area contributed by atoms with Gasteiger partial charge in [-0.2, -0.15) is 8.78 Å². The number of nitrogens with zero attached hydrogens (tertiary/aromatic N) is 1. The van der Waals surface area contributed by atoms with Crippen LogP contribution in [0, 0.1) is 0 Å². The lowest BCUT2D eigenvalue weighted by Crippen LogP contribution is -2.41. The third-order valence-electron chi connectivity index (χ3n) is 5.25. The number of hydrogen-bond donors (Lipinski definition) is 0. The zero-order chi connectivity index (χ0) is 18.9. The molecular weight excluding hydrogens is 343 g/mol. The predicted molar refractivity (Wildman–Crippen MR) is 94.9 cm³/mol. The van der Waals surface area contributed by atoms with E-state index >= 15 is 0 Å². The fourth-order valence-corrected chi connectivity index (χ4v) is 3.08. The van der Waals surface area contributed by atoms with E-state index < -0.39 is 24.9 Å². The molecule has 0 spiro atoms. The third kappa shape index (κ3) is 4.36. The van der Waals surface area contributed by atoms with Gasteiger partial charge in [-0.05, 0) is 50.9 Å². The quantitative estimate of drug-likeness (QED) is 0.746. The van der Waals surface area contributed by atoms with Crippen molar-refractivity contribution in [3.63, 3.8) is 0 Å². The predicted octanol–water partition coefficient (Wildman–Crippen LogP) is 2.42. The van der Waals surface area contributed by atoms with Gasteiger partial charge in [-0.3, -0.25) is 4.90 Å². The molecule has 8 heteroatoms. The number of halogens is 2. The molecule has 26 heavy (non-hydrogen) atoms. The van der Waals surface area contributed by atoms with Crippen LogP contribution in [0.2, 0.25) is 0 Å². The van der Waals surface area contributed by atoms with Crippen molar-refractivity contribution in [3.8, 4) is 5.75 Å². The first-order chi connectivity index (χ1) is 12.2. The van der Waals surface area contributed by atoms with E-state index in [1.165, 1.54) is 0 Å². The summed E-state index contributed by atoms with van der Waals surface area (Å²) in [7, 11) is -0.621. The lowest BCUT2D eigenvalue weighted by atomic mass is 9.78. The monoisotopic (exact) mass is 369 g/mol. The van der Waals surface area contributed by atoms with E-state index in [-0.39, 0.29) is 5.75 Å². The van der Waals surface area contributed by atoms with Gasteiger partial charge in [-0.1, -0.05) is 6.07 Å². The Bertz CT molecular complexity index is 620. The van der Waals surface area contributed by atoms with E-state index in [1.807, 2.05) is 33.8 Å². The van der Waals surface area contributed by atoms with Gasteiger partial charge >= 0.3 is 13.7 Å². The molecule has 0 aliphatic carbocycles. The van der Waals surface area contributed by atoms with Crippen molar-refractivity contribution in [2.24, 2.45) is 0 Å². The second-order valence-corrected chi connectivity index (χ2v) is 7.77. The van der Waals surface area contributed by atoms with E-state index in [1.54, 1.807) is 12.1 Å². The van der Waals surface area contributed by atoms with Gasteiger partial charge in [0, 0.05) is 19.6 Å². The average Bonchev–Trinajstić information content (AvgIpc) is 2.75. The van der Waals surface area contributed by atoms with Crippen LogP contribution in [0.1, 0.15) is 33.3 Å². The van der Waals surface area contributed by atoms with Gasteiger partial charge in [-0.25, -0.2) is 0 Å². The van der Waals surface area contributed by atoms with Crippen molar-refractivity contribution in [2.45, 2.75) is 52.1 Å². The molecule has 0 bridgehead atoms. The topological polar surface area (TPSA) is 40.2 Å². The van der Waals surface area contributed by atoms with Crippen LogP contribution in [0.15, 0.2) is 18.2 Å². The molecule has 0 N–H and O–H groups in total. The van der Waals surface area contributed by atoms with E-state index in [2.05, 4.69) is 9.64 Å². The highest BCUT2D eigenvalue weighted by molar-refractivity contribution is 6.62. The first-order valence-electron chi connectivity index (χ1n) is 8.91. The van der Waals surface area contributed by atoms with Gasteiger partial charge < -0.3 is 18.8 Å². The Morgan fingerprint density at radius 3 is 2.27 bits per heavy atom. The molecule has 2 saturated heterocycles. The minimum absolute atomic E-state index is 0.121. The molecule has 2 fully saturated rings. The molecule has 3 rings (SSSR count). The van der Waals surface area contributed by atoms with Gasteiger partial charge in [0.25, 0.3) is 0 Å². The Balaban J connectivity index is 1.85. The molecular formula is C18H26BF2NO4. The van der Waals surface area contributed by atoms with Crippen molar-refractivity contribution in [1.82, 2.24) is 4.90 Å². The molecule has 0 amide bonds. The maximum atomic E-state index is 12.8. The van der Waals surface area contributed by atoms with E-state index in [0.29, 0.717) is 25.2 Å². The number of rotatable bonds is 5. The number of hydrogen-bond acceptors (Lipinski definition) is 5. The highest BCUT2D eigenvalue weighted by Crippen LogP contribution is 2.36. The average molecular weight is 369 g/mol. The molecule has 144 valence electrons. The van der Waals surface area contributed by atoms with Crippen LogP contribution < -0.4 is 10.2 Å². The molecule has 1 aromatic carbocycles. The summed E-state index contributed by atoms with van der Waals surface area (Å²) in [5, 5.41) is 0. The second kappa shape index (κ2) is 7.42. The summed E-state index contributed by atoms with van der Waals surface area (Å²) in [6.07, 6.45) is 0. The van der Waals surface area contributed by atoms with Crippen LogP contribution in [0.5, 0.6) is 5.75 Å². The fourth-order valence-electron chi connectivity index (χ4n) is 3.08. The lowest BCUT2D eigenvalue weighted by molar-refractivity contribution is -0.0498. The van der Waals surface area contributed by atoms with E-state index in [9.17, 15) is 8.78 Å². The number of morpholine rings is 1. The van der Waals surface area contributed by atoms with E-state index in [4.69, 9.17) is 14.0 Å². The zero-order valence-corrected chi connectivity index (χ0v) is 15.8. The van der Waals surface area contributed by atoms with Gasteiger partial charge in [0.1, 0.15) is 5.75 Å². The van der Waals surface area contributed by atoms with Crippen molar-refractivity contribution in [3.05, 3.63) is 23.8 Å². The zero-order valence-electron chi connectivity index (χ0n) is 15.8. The lowest BCUT2D eigenvalue weighted by Gasteiger charge is -2.32. The SMILES string of the molecule is CC1(C)OB(c2cc(CN3CCOCC3)cc(OC(F)F)c2)OC1(C)C. The number of alkyl halides is 2. The van der Waals surface area contributed by atoms with Crippen molar-refractivity contribution >= 4 is 12.6 Å². The maximum absolute atomic E-state index is 12.8. The van der Waals surface area contributed by atoms with Crippen molar-refractivity contribution in [2.75, 3.05) is 26.3 Å². The summed E-state index contributed by atoms with van der Waals surface area (Å²) in [4.78, 5) is 2.22. The van der Waals surface area contributed by atoms with Crippen LogP contribution in [-0.4, -0.2) is 56.1 Å². The molecule has 2 heterocycles. The number of benzene rings is 1. The highest BCUT2D eigenvalue weighted by atomic mass is 19.3. The molecule has 2 aliphatic rings. The van der Waals surface area contributed by atoms with Crippen LogP contribution in [0.3, 0.4) is 0 Å². The maximum Gasteiger partial charge on any atom is 0.494 e. The summed E-state index contributed by atoms with van der Waals surface area (Å²) >= 11 is 0. The smallest absolute Gasteiger partial charge is 0.435 e. The first kappa shape index (κ1) is 19.5. The third-order valence-corrected chi connectivity index (χ3v) is 5.25. The molecule has 5 nitrogen and oxygen atoms in total. The first-order valence-corrected chi connectivity index (χ1v) is 8.91. The summed E-state index contributed by atoms with van der Waals surface area (Å²) in [5.41, 5.74) is 0.572. The van der Waals surface area contributed by atoms with Crippen LogP contribution in [-0.2, 0) is 20.6 Å². The Hall–Kier alpha value is -1.22. The molecule has 0 atom stereocenters. The minimum atomic E-state index is -2.88. The largest absolute Gasteiger partial charge is 0.494 e. The summed E-state index contributed by atoms with van der Waals surface area (Å²) < 4.78 is 47.6. The summed E-state index contributed by atoms with van der Waals surface area (Å²) in [5.74, 6) is 0.121. The summed E-state index contributed by atoms with van der Waals surface area (Å²) in [6, 6.07) is 5.16. The van der Waals surface area contributed by atoms with Gasteiger partial charge in [0.2, 0.25) is 0 Å². The Kier molecular flexibility index (Phi) is 5.58.